The van der Waals surface area contributed by atoms with Crippen molar-refractivity contribution >= 4 is 17.6 Å². The minimum absolute atomic E-state index is 0.00205. The summed E-state index contributed by atoms with van der Waals surface area (Å²) in [6.07, 6.45) is 13.0. The second-order valence-electron chi connectivity index (χ2n) is 18.4. The Morgan fingerprint density at radius 2 is 1.56 bits per heavy atom. The molecule has 0 aromatic heterocycles. The average Bonchev–Trinajstić information content (AvgIpc) is 3.39. The van der Waals surface area contributed by atoms with Gasteiger partial charge in [0.15, 0.2) is 0 Å². The Labute approximate surface area is 290 Å². The number of allylic oxidation sites excluding steroid dienone is 3. The van der Waals surface area contributed by atoms with Gasteiger partial charge >= 0.3 is 12.0 Å². The number of hydrogen-bond donors (Lipinski definition) is 2. The highest BCUT2D eigenvalue weighted by atomic mass is 16.4. The van der Waals surface area contributed by atoms with Gasteiger partial charge in [-0.15, -0.1) is 0 Å². The van der Waals surface area contributed by atoms with Crippen LogP contribution in [0.25, 0.3) is 5.57 Å². The van der Waals surface area contributed by atoms with Crippen molar-refractivity contribution in [3.63, 3.8) is 0 Å². The Morgan fingerprint density at radius 3 is 2.19 bits per heavy atom. The smallest absolute Gasteiger partial charge is 0.335 e. The molecule has 2 amide bonds. The van der Waals surface area contributed by atoms with Gasteiger partial charge in [0.2, 0.25) is 0 Å². The lowest BCUT2D eigenvalue weighted by Crippen LogP contribution is -2.68. The topological polar surface area (TPSA) is 72.9 Å². The number of urea groups is 1. The molecule has 6 rings (SSSR count). The van der Waals surface area contributed by atoms with Crippen LogP contribution in [0.5, 0.6) is 0 Å². The normalized spacial score (nSPS) is 39.7. The molecule has 5 aliphatic carbocycles. The summed E-state index contributed by atoms with van der Waals surface area (Å²) in [5.41, 5.74) is 4.68. The number of amides is 2. The first-order valence-corrected chi connectivity index (χ1v) is 18.8. The van der Waals surface area contributed by atoms with Crippen LogP contribution >= 0.6 is 0 Å². The summed E-state index contributed by atoms with van der Waals surface area (Å²) in [5.74, 6) is 1.80. The number of carboxylic acids is 1. The van der Waals surface area contributed by atoms with E-state index in [1.807, 2.05) is 24.1 Å². The van der Waals surface area contributed by atoms with Crippen molar-refractivity contribution in [3.05, 3.63) is 53.6 Å². The van der Waals surface area contributed by atoms with Crippen LogP contribution in [-0.2, 0) is 0 Å². The number of nitrogens with one attached hydrogen (secondary N) is 1. The molecule has 9 atom stereocenters. The first-order valence-electron chi connectivity index (χ1n) is 18.8. The summed E-state index contributed by atoms with van der Waals surface area (Å²) in [5, 5.41) is 13.2. The summed E-state index contributed by atoms with van der Waals surface area (Å²) in [6.45, 7) is 21.2. The molecule has 1 aromatic rings. The van der Waals surface area contributed by atoms with Gasteiger partial charge in [-0.2, -0.15) is 0 Å². The lowest BCUT2D eigenvalue weighted by Gasteiger charge is -2.72. The molecular weight excluding hydrogens is 594 g/mol. The molecule has 0 aliphatic heterocycles. The van der Waals surface area contributed by atoms with E-state index in [0.29, 0.717) is 35.2 Å². The molecular formula is C42H63N3O3. The monoisotopic (exact) mass is 657 g/mol. The number of carbonyl (C=O) groups is 2. The lowest BCUT2D eigenvalue weighted by molar-refractivity contribution is -0.218. The summed E-state index contributed by atoms with van der Waals surface area (Å²) in [7, 11) is 6.07. The minimum Gasteiger partial charge on any atom is -0.478 e. The predicted molar refractivity (Wildman–Crippen MR) is 196 cm³/mol. The lowest BCUT2D eigenvalue weighted by atomic mass is 9.33. The van der Waals surface area contributed by atoms with Gasteiger partial charge in [-0.05, 0) is 153 Å². The van der Waals surface area contributed by atoms with Crippen molar-refractivity contribution in [1.29, 1.82) is 0 Å². The zero-order valence-corrected chi connectivity index (χ0v) is 31.4. The van der Waals surface area contributed by atoms with Gasteiger partial charge in [0.1, 0.15) is 0 Å². The fraction of sp³-hybridized carbons (Fsp3) is 0.714. The predicted octanol–water partition coefficient (Wildman–Crippen LogP) is 8.99. The molecule has 5 aliphatic rings. The van der Waals surface area contributed by atoms with E-state index >= 15 is 0 Å². The third-order valence-electron chi connectivity index (χ3n) is 15.7. The van der Waals surface area contributed by atoms with E-state index in [4.69, 9.17) is 0 Å². The summed E-state index contributed by atoms with van der Waals surface area (Å²) in [4.78, 5) is 29.3. The molecule has 0 bridgehead atoms. The van der Waals surface area contributed by atoms with Crippen molar-refractivity contribution in [2.45, 2.75) is 105 Å². The SMILES string of the molecule is C=C(C)C1CCC2(NC(=O)N(C)CCN(C)C)CCC3(C)C(CCC4C5(C)CC=C(c6ccc(C(=O)O)cc6)C(C)(C)C5CCC43C)C12. The number of aromatic carboxylic acids is 1. The molecule has 9 unspecified atom stereocenters. The highest BCUT2D eigenvalue weighted by Crippen LogP contribution is 2.76. The van der Waals surface area contributed by atoms with Crippen LogP contribution < -0.4 is 5.32 Å². The Hall–Kier alpha value is -2.60. The Kier molecular flexibility index (Phi) is 8.83. The molecule has 6 nitrogen and oxygen atoms in total. The van der Waals surface area contributed by atoms with Crippen molar-refractivity contribution in [2.75, 3.05) is 34.2 Å². The quantitative estimate of drug-likeness (QED) is 0.287. The molecule has 0 heterocycles. The number of likely N-dealkylation sites (N-methyl/N-ethyl adjacent to an activating group) is 2. The van der Waals surface area contributed by atoms with Gasteiger partial charge in [0.05, 0.1) is 5.56 Å². The Bertz CT molecular complexity index is 1480. The number of rotatable bonds is 7. The molecule has 1 aromatic carbocycles. The molecule has 48 heavy (non-hydrogen) atoms. The molecule has 264 valence electrons. The first kappa shape index (κ1) is 35.2. The highest BCUT2D eigenvalue weighted by molar-refractivity contribution is 5.88. The van der Waals surface area contributed by atoms with Crippen LogP contribution in [0.2, 0.25) is 0 Å². The summed E-state index contributed by atoms with van der Waals surface area (Å²) >= 11 is 0. The summed E-state index contributed by atoms with van der Waals surface area (Å²) in [6, 6.07) is 7.65. The number of benzene rings is 1. The van der Waals surface area contributed by atoms with E-state index in [1.165, 1.54) is 48.8 Å². The maximum Gasteiger partial charge on any atom is 0.335 e. The van der Waals surface area contributed by atoms with E-state index in [-0.39, 0.29) is 33.2 Å². The number of nitrogens with zero attached hydrogens (tertiary/aromatic N) is 2. The van der Waals surface area contributed by atoms with E-state index in [2.05, 4.69) is 78.5 Å². The van der Waals surface area contributed by atoms with Crippen LogP contribution in [0.15, 0.2) is 42.5 Å². The van der Waals surface area contributed by atoms with E-state index in [9.17, 15) is 14.7 Å². The van der Waals surface area contributed by atoms with E-state index in [1.54, 1.807) is 12.1 Å². The zero-order valence-electron chi connectivity index (χ0n) is 31.4. The van der Waals surface area contributed by atoms with Crippen LogP contribution in [0.4, 0.5) is 4.79 Å². The fourth-order valence-electron chi connectivity index (χ4n) is 13.0. The molecule has 0 spiro atoms. The largest absolute Gasteiger partial charge is 0.478 e. The van der Waals surface area contributed by atoms with Crippen molar-refractivity contribution < 1.29 is 14.7 Å². The molecule has 2 N–H and O–H groups in total. The zero-order chi connectivity index (χ0) is 35.0. The van der Waals surface area contributed by atoms with Crippen molar-refractivity contribution in [1.82, 2.24) is 15.1 Å². The molecule has 6 heteroatoms. The molecule has 0 saturated heterocycles. The van der Waals surface area contributed by atoms with Gasteiger partial charge < -0.3 is 20.2 Å². The van der Waals surface area contributed by atoms with Crippen LogP contribution in [0.1, 0.15) is 115 Å². The second-order valence-corrected chi connectivity index (χ2v) is 18.4. The standard InChI is InChI=1S/C42H63N3O3/c1-27(2)30-17-22-42(43-37(48)45(10)26-25-44(8)9)24-23-40(6)32(35(30)42)15-16-34-39(5)20-18-31(28-11-13-29(14-12-28)36(46)47)38(3,4)33(39)19-21-41(34,40)7/h11-14,18,30,32-35H,1,15-17,19-26H2,2-10H3,(H,43,48)(H,46,47). The fourth-order valence-corrected chi connectivity index (χ4v) is 13.0. The summed E-state index contributed by atoms with van der Waals surface area (Å²) < 4.78 is 0. The van der Waals surface area contributed by atoms with Crippen LogP contribution in [0, 0.1) is 51.2 Å². The number of carbonyl (C=O) groups excluding carboxylic acids is 1. The third kappa shape index (κ3) is 5.21. The number of hydrogen-bond acceptors (Lipinski definition) is 3. The van der Waals surface area contributed by atoms with Gasteiger partial charge in [0, 0.05) is 25.7 Å². The van der Waals surface area contributed by atoms with Crippen molar-refractivity contribution in [2.24, 2.45) is 51.2 Å². The van der Waals surface area contributed by atoms with E-state index < -0.39 is 5.97 Å². The maximum atomic E-state index is 13.7. The van der Waals surface area contributed by atoms with Crippen molar-refractivity contribution in [3.8, 4) is 0 Å². The Balaban J connectivity index is 1.31. The maximum absolute atomic E-state index is 13.7. The third-order valence-corrected chi connectivity index (χ3v) is 15.7. The van der Waals surface area contributed by atoms with Crippen LogP contribution in [0.3, 0.4) is 0 Å². The first-order chi connectivity index (χ1) is 22.4. The second kappa shape index (κ2) is 12.0. The van der Waals surface area contributed by atoms with Gasteiger partial charge in [-0.1, -0.05) is 65.0 Å². The minimum atomic E-state index is -0.872. The van der Waals surface area contributed by atoms with Gasteiger partial charge in [-0.25, -0.2) is 9.59 Å². The van der Waals surface area contributed by atoms with Crippen LogP contribution in [-0.4, -0.2) is 66.7 Å². The van der Waals surface area contributed by atoms with E-state index in [0.717, 1.165) is 38.8 Å². The number of carboxylic acid groups (broad SMARTS) is 1. The molecule has 0 radical (unpaired) electrons. The number of fused-ring (bicyclic) bond motifs is 7. The molecule has 4 fully saturated rings. The Morgan fingerprint density at radius 1 is 0.875 bits per heavy atom. The van der Waals surface area contributed by atoms with Gasteiger partial charge in [0.25, 0.3) is 0 Å². The van der Waals surface area contributed by atoms with Gasteiger partial charge in [-0.3, -0.25) is 0 Å². The average molecular weight is 658 g/mol. The highest BCUT2D eigenvalue weighted by Gasteiger charge is 2.70. The molecule has 4 saturated carbocycles.